The number of nitrogens with zero attached hydrogens (tertiary/aromatic N) is 2. The Morgan fingerprint density at radius 1 is 1.38 bits per heavy atom. The molecule has 1 aliphatic carbocycles. The lowest BCUT2D eigenvalue weighted by Gasteiger charge is -2.07. The third-order valence-corrected chi connectivity index (χ3v) is 5.36. The van der Waals surface area contributed by atoms with Crippen LogP contribution in [0.3, 0.4) is 0 Å². The van der Waals surface area contributed by atoms with Crippen LogP contribution in [0.15, 0.2) is 28.8 Å². The van der Waals surface area contributed by atoms with Gasteiger partial charge in [0.2, 0.25) is 5.91 Å². The second kappa shape index (κ2) is 6.87. The first-order chi connectivity index (χ1) is 12.7. The molecule has 3 aromatic rings. The van der Waals surface area contributed by atoms with Crippen LogP contribution >= 0.6 is 11.3 Å². The molecule has 0 bridgehead atoms. The molecular formula is C18H17N3O4S. The molecule has 0 saturated carbocycles. The quantitative estimate of drug-likeness (QED) is 0.693. The van der Waals surface area contributed by atoms with Gasteiger partial charge in [-0.2, -0.15) is 0 Å². The van der Waals surface area contributed by atoms with Crippen molar-refractivity contribution in [3.63, 3.8) is 0 Å². The number of carbonyl (C=O) groups excluding carboxylic acids is 2. The lowest BCUT2D eigenvalue weighted by Crippen LogP contribution is -2.16. The lowest BCUT2D eigenvalue weighted by atomic mass is 10.1. The molecule has 2 heterocycles. The number of fused-ring (bicyclic) bond motifs is 2. The van der Waals surface area contributed by atoms with Crippen molar-refractivity contribution in [3.05, 3.63) is 40.5 Å². The number of aromatic nitrogens is 2. The summed E-state index contributed by atoms with van der Waals surface area (Å²) in [6, 6.07) is 7.41. The van der Waals surface area contributed by atoms with Crippen molar-refractivity contribution in [1.82, 2.24) is 10.1 Å². The zero-order valence-electron chi connectivity index (χ0n) is 14.2. The molecule has 8 heteroatoms. The maximum Gasteiger partial charge on any atom is 0.315 e. The smallest absolute Gasteiger partial charge is 0.315 e. The molecule has 0 unspecified atom stereocenters. The number of hydrogen-bond acceptors (Lipinski definition) is 7. The summed E-state index contributed by atoms with van der Waals surface area (Å²) < 4.78 is 10.3. The number of amides is 1. The van der Waals surface area contributed by atoms with Gasteiger partial charge in [-0.1, -0.05) is 17.3 Å². The van der Waals surface area contributed by atoms with Gasteiger partial charge in [0, 0.05) is 10.3 Å². The fourth-order valence-corrected chi connectivity index (χ4v) is 4.19. The lowest BCUT2D eigenvalue weighted by molar-refractivity contribution is -0.145. The molecule has 26 heavy (non-hydrogen) atoms. The first-order valence-electron chi connectivity index (χ1n) is 8.45. The van der Waals surface area contributed by atoms with Crippen molar-refractivity contribution in [2.24, 2.45) is 0 Å². The number of ether oxygens (including phenoxy) is 1. The predicted octanol–water partition coefficient (Wildman–Crippen LogP) is 3.06. The van der Waals surface area contributed by atoms with Gasteiger partial charge in [0.25, 0.3) is 0 Å². The molecule has 0 aliphatic heterocycles. The predicted molar refractivity (Wildman–Crippen MR) is 96.2 cm³/mol. The van der Waals surface area contributed by atoms with E-state index in [1.165, 1.54) is 11.3 Å². The van der Waals surface area contributed by atoms with Crippen molar-refractivity contribution in [2.75, 3.05) is 11.9 Å². The zero-order chi connectivity index (χ0) is 18.1. The highest BCUT2D eigenvalue weighted by Gasteiger charge is 2.33. The number of hydrogen-bond donors (Lipinski definition) is 1. The van der Waals surface area contributed by atoms with Crippen LogP contribution in [0, 0.1) is 0 Å². The largest absolute Gasteiger partial charge is 0.465 e. The summed E-state index contributed by atoms with van der Waals surface area (Å²) >= 11 is 1.41. The summed E-state index contributed by atoms with van der Waals surface area (Å²) in [5, 5.41) is 8.10. The van der Waals surface area contributed by atoms with E-state index in [2.05, 4.69) is 15.5 Å². The number of thiazole rings is 1. The Labute approximate surface area is 153 Å². The standard InChI is InChI=1S/C18H17N3O4S/c1-2-24-17(23)11-7-8-14-16(11)20-18(26-14)19-15(22)9-12-10-5-3-4-6-13(10)25-21-12/h3-6,11H,2,7-9H2,1H3,(H,19,20,22)/t11-/m0/s1. The third kappa shape index (κ3) is 3.08. The van der Waals surface area contributed by atoms with Crippen molar-refractivity contribution in [3.8, 4) is 0 Å². The molecule has 1 aliphatic rings. The van der Waals surface area contributed by atoms with Gasteiger partial charge in [0.05, 0.1) is 18.7 Å². The number of rotatable bonds is 5. The summed E-state index contributed by atoms with van der Waals surface area (Å²) in [7, 11) is 0. The highest BCUT2D eigenvalue weighted by molar-refractivity contribution is 7.16. The monoisotopic (exact) mass is 371 g/mol. The Morgan fingerprint density at radius 3 is 3.08 bits per heavy atom. The fourth-order valence-electron chi connectivity index (χ4n) is 3.13. The number of esters is 1. The highest BCUT2D eigenvalue weighted by atomic mass is 32.1. The van der Waals surface area contributed by atoms with Crippen LogP contribution < -0.4 is 5.32 Å². The number of anilines is 1. The third-order valence-electron chi connectivity index (χ3n) is 4.32. The fraction of sp³-hybridized carbons (Fsp3) is 0.333. The van der Waals surface area contributed by atoms with E-state index >= 15 is 0 Å². The Hall–Kier alpha value is -2.74. The first kappa shape index (κ1) is 16.7. The van der Waals surface area contributed by atoms with Gasteiger partial charge in [0.15, 0.2) is 10.7 Å². The van der Waals surface area contributed by atoms with E-state index in [0.717, 1.165) is 22.4 Å². The van der Waals surface area contributed by atoms with Crippen LogP contribution in [0.5, 0.6) is 0 Å². The molecule has 1 amide bonds. The molecule has 0 spiro atoms. The summed E-state index contributed by atoms with van der Waals surface area (Å²) in [5.74, 6) is -0.793. The maximum absolute atomic E-state index is 12.4. The minimum absolute atomic E-state index is 0.0998. The number of aryl methyl sites for hydroxylation is 1. The molecule has 1 N–H and O–H groups in total. The van der Waals surface area contributed by atoms with Gasteiger partial charge in [0.1, 0.15) is 11.6 Å². The average Bonchev–Trinajstić information content (AvgIpc) is 3.29. The Kier molecular flexibility index (Phi) is 4.42. The van der Waals surface area contributed by atoms with E-state index in [9.17, 15) is 9.59 Å². The normalized spacial score (nSPS) is 15.8. The van der Waals surface area contributed by atoms with Crippen LogP contribution in [-0.2, 0) is 27.2 Å². The van der Waals surface area contributed by atoms with Crippen LogP contribution in [0.4, 0.5) is 5.13 Å². The molecule has 134 valence electrons. The number of carbonyl (C=O) groups is 2. The summed E-state index contributed by atoms with van der Waals surface area (Å²) in [6.07, 6.45) is 1.59. The SMILES string of the molecule is CCOC(=O)[C@H]1CCc2sc(NC(=O)Cc3noc4ccccc34)nc21. The zero-order valence-corrected chi connectivity index (χ0v) is 15.0. The van der Waals surface area contributed by atoms with E-state index in [4.69, 9.17) is 9.26 Å². The van der Waals surface area contributed by atoms with E-state index < -0.39 is 0 Å². The summed E-state index contributed by atoms with van der Waals surface area (Å²) in [4.78, 5) is 29.8. The van der Waals surface area contributed by atoms with Crippen molar-refractivity contribution < 1.29 is 18.8 Å². The molecule has 2 aromatic heterocycles. The van der Waals surface area contributed by atoms with Gasteiger partial charge in [-0.3, -0.25) is 9.59 Å². The van der Waals surface area contributed by atoms with Gasteiger partial charge >= 0.3 is 5.97 Å². The molecule has 4 rings (SSSR count). The van der Waals surface area contributed by atoms with Gasteiger partial charge in [-0.15, -0.1) is 11.3 Å². The Morgan fingerprint density at radius 2 is 2.23 bits per heavy atom. The minimum atomic E-state index is -0.327. The van der Waals surface area contributed by atoms with Gasteiger partial charge in [-0.25, -0.2) is 4.98 Å². The van der Waals surface area contributed by atoms with Gasteiger partial charge in [-0.05, 0) is 31.9 Å². The Balaban J connectivity index is 1.46. The molecule has 0 fully saturated rings. The number of nitrogens with one attached hydrogen (secondary N) is 1. The second-order valence-corrected chi connectivity index (χ2v) is 7.10. The van der Waals surface area contributed by atoms with E-state index in [1.807, 2.05) is 24.3 Å². The first-order valence-corrected chi connectivity index (χ1v) is 9.26. The summed E-state index contributed by atoms with van der Waals surface area (Å²) in [6.45, 7) is 2.14. The molecular weight excluding hydrogens is 354 g/mol. The van der Waals surface area contributed by atoms with E-state index in [-0.39, 0.29) is 24.2 Å². The Bertz CT molecular complexity index is 978. The van der Waals surface area contributed by atoms with Crippen molar-refractivity contribution >= 4 is 39.3 Å². The molecule has 0 saturated heterocycles. The molecule has 7 nitrogen and oxygen atoms in total. The van der Waals surface area contributed by atoms with E-state index in [0.29, 0.717) is 29.4 Å². The highest BCUT2D eigenvalue weighted by Crippen LogP contribution is 2.39. The van der Waals surface area contributed by atoms with Crippen LogP contribution in [0.25, 0.3) is 11.0 Å². The molecule has 1 atom stereocenters. The minimum Gasteiger partial charge on any atom is -0.465 e. The molecule has 0 radical (unpaired) electrons. The second-order valence-electron chi connectivity index (χ2n) is 6.02. The number of benzene rings is 1. The average molecular weight is 371 g/mol. The van der Waals surface area contributed by atoms with Crippen molar-refractivity contribution in [1.29, 1.82) is 0 Å². The van der Waals surface area contributed by atoms with Crippen LogP contribution in [-0.4, -0.2) is 28.6 Å². The van der Waals surface area contributed by atoms with Gasteiger partial charge < -0.3 is 14.6 Å². The number of para-hydroxylation sites is 1. The molecule has 1 aromatic carbocycles. The van der Waals surface area contributed by atoms with E-state index in [1.54, 1.807) is 6.92 Å². The van der Waals surface area contributed by atoms with Crippen LogP contribution in [0.1, 0.15) is 35.5 Å². The summed E-state index contributed by atoms with van der Waals surface area (Å²) in [5.41, 5.74) is 1.98. The van der Waals surface area contributed by atoms with Crippen molar-refractivity contribution in [2.45, 2.75) is 32.1 Å². The topological polar surface area (TPSA) is 94.3 Å². The maximum atomic E-state index is 12.4. The van der Waals surface area contributed by atoms with Crippen LogP contribution in [0.2, 0.25) is 0 Å².